The van der Waals surface area contributed by atoms with Gasteiger partial charge in [-0.3, -0.25) is 4.79 Å². The molecule has 0 aliphatic heterocycles. The molecule has 0 fully saturated rings. The lowest BCUT2D eigenvalue weighted by Gasteiger charge is -2.14. The Kier molecular flexibility index (Phi) is 15.4. The van der Waals surface area contributed by atoms with Crippen LogP contribution in [0.4, 0.5) is 0 Å². The number of carboxylic acid groups (broad SMARTS) is 1. The Morgan fingerprint density at radius 3 is 2.08 bits per heavy atom. The van der Waals surface area contributed by atoms with Crippen molar-refractivity contribution in [3.8, 4) is 0 Å². The molecular weight excluding hydrogens is 448 g/mol. The SMILES string of the molecule is CCCCCCCC/C=C\CCCCCCCCCC(=O)N[C@@H](Cc1c[nH]c2ccccc12)C(=O)O. The molecule has 36 heavy (non-hydrogen) atoms. The molecule has 5 heteroatoms. The van der Waals surface area contributed by atoms with Crippen LogP contribution in [0.5, 0.6) is 0 Å². The van der Waals surface area contributed by atoms with Crippen molar-refractivity contribution in [2.75, 3.05) is 0 Å². The van der Waals surface area contributed by atoms with E-state index < -0.39 is 12.0 Å². The highest BCUT2D eigenvalue weighted by Gasteiger charge is 2.21. The van der Waals surface area contributed by atoms with Crippen molar-refractivity contribution in [3.05, 3.63) is 48.2 Å². The van der Waals surface area contributed by atoms with Crippen LogP contribution in [0, 0.1) is 0 Å². The van der Waals surface area contributed by atoms with Gasteiger partial charge in [-0.15, -0.1) is 0 Å². The highest BCUT2D eigenvalue weighted by Crippen LogP contribution is 2.19. The summed E-state index contributed by atoms with van der Waals surface area (Å²) in [6.07, 6.45) is 25.8. The van der Waals surface area contributed by atoms with Gasteiger partial charge in [-0.1, -0.05) is 101 Å². The molecule has 2 aromatic rings. The van der Waals surface area contributed by atoms with E-state index in [0.29, 0.717) is 6.42 Å². The number of unbranched alkanes of at least 4 members (excludes halogenated alkanes) is 13. The predicted molar refractivity (Wildman–Crippen MR) is 150 cm³/mol. The van der Waals surface area contributed by atoms with Gasteiger partial charge in [0.15, 0.2) is 0 Å². The zero-order chi connectivity index (χ0) is 25.8. The van der Waals surface area contributed by atoms with Crippen molar-refractivity contribution < 1.29 is 14.7 Å². The number of hydrogen-bond acceptors (Lipinski definition) is 2. The number of allylic oxidation sites excluding steroid dienone is 2. The summed E-state index contributed by atoms with van der Waals surface area (Å²) in [6, 6.07) is 6.90. The number of benzene rings is 1. The molecule has 0 radical (unpaired) electrons. The second-order valence-corrected chi connectivity index (χ2v) is 10.1. The van der Waals surface area contributed by atoms with Crippen LogP contribution in [0.2, 0.25) is 0 Å². The number of hydrogen-bond donors (Lipinski definition) is 3. The van der Waals surface area contributed by atoms with Gasteiger partial charge in [0.05, 0.1) is 0 Å². The van der Waals surface area contributed by atoms with Crippen molar-refractivity contribution in [1.29, 1.82) is 0 Å². The number of carbonyl (C=O) groups excluding carboxylic acids is 1. The standard InChI is InChI=1S/C31H48N2O3/c1-2-3-4-5-6-7-8-9-10-11-12-13-14-15-16-17-18-23-30(34)33-29(31(35)36)24-26-25-32-28-22-20-19-21-27(26)28/h9-10,19-22,25,29,32H,2-8,11-18,23-24H2,1H3,(H,33,34)(H,35,36)/b10-9-/t29-/m0/s1. The van der Waals surface area contributed by atoms with E-state index in [1.807, 2.05) is 30.5 Å². The highest BCUT2D eigenvalue weighted by atomic mass is 16.4. The second-order valence-electron chi connectivity index (χ2n) is 10.1. The van der Waals surface area contributed by atoms with E-state index in [1.165, 1.54) is 77.0 Å². The van der Waals surface area contributed by atoms with Crippen molar-refractivity contribution in [1.82, 2.24) is 10.3 Å². The Morgan fingerprint density at radius 1 is 0.861 bits per heavy atom. The maximum absolute atomic E-state index is 12.3. The summed E-state index contributed by atoms with van der Waals surface area (Å²) in [6.45, 7) is 2.26. The molecule has 2 rings (SSSR count). The first-order valence-electron chi connectivity index (χ1n) is 14.3. The maximum Gasteiger partial charge on any atom is 0.326 e. The molecule has 0 saturated carbocycles. The van der Waals surface area contributed by atoms with Gasteiger partial charge in [0.1, 0.15) is 6.04 Å². The van der Waals surface area contributed by atoms with Gasteiger partial charge in [-0.05, 0) is 43.7 Å². The third-order valence-corrected chi connectivity index (χ3v) is 6.90. The van der Waals surface area contributed by atoms with E-state index in [1.54, 1.807) is 0 Å². The number of fused-ring (bicyclic) bond motifs is 1. The van der Waals surface area contributed by atoms with Crippen LogP contribution < -0.4 is 5.32 Å². The van der Waals surface area contributed by atoms with Crippen molar-refractivity contribution in [3.63, 3.8) is 0 Å². The number of para-hydroxylation sites is 1. The number of amides is 1. The molecule has 1 aromatic carbocycles. The lowest BCUT2D eigenvalue weighted by molar-refractivity contribution is -0.141. The van der Waals surface area contributed by atoms with Crippen molar-refractivity contribution in [2.24, 2.45) is 0 Å². The number of aromatic amines is 1. The molecule has 0 spiro atoms. The molecule has 200 valence electrons. The number of carbonyl (C=O) groups is 2. The van der Waals surface area contributed by atoms with Gasteiger partial charge < -0.3 is 15.4 Å². The highest BCUT2D eigenvalue weighted by molar-refractivity contribution is 5.86. The molecule has 0 unspecified atom stereocenters. The average molecular weight is 497 g/mol. The summed E-state index contributed by atoms with van der Waals surface area (Å²) >= 11 is 0. The molecule has 1 atom stereocenters. The quantitative estimate of drug-likeness (QED) is 0.121. The first-order valence-corrected chi connectivity index (χ1v) is 14.3. The molecule has 1 heterocycles. The Labute approximate surface area is 218 Å². The third-order valence-electron chi connectivity index (χ3n) is 6.90. The molecular formula is C31H48N2O3. The number of nitrogens with one attached hydrogen (secondary N) is 2. The van der Waals surface area contributed by atoms with Crippen LogP contribution in [0.15, 0.2) is 42.6 Å². The van der Waals surface area contributed by atoms with E-state index in [4.69, 9.17) is 0 Å². The molecule has 0 saturated heterocycles. The summed E-state index contributed by atoms with van der Waals surface area (Å²) in [5.41, 5.74) is 1.88. The van der Waals surface area contributed by atoms with Crippen molar-refractivity contribution in [2.45, 2.75) is 122 Å². The first kappa shape index (κ1) is 29.7. The van der Waals surface area contributed by atoms with E-state index >= 15 is 0 Å². The number of H-pyrrole nitrogens is 1. The van der Waals surface area contributed by atoms with Gasteiger partial charge in [0.2, 0.25) is 5.91 Å². The Bertz CT molecular complexity index is 902. The monoisotopic (exact) mass is 496 g/mol. The normalized spacial score (nSPS) is 12.4. The minimum Gasteiger partial charge on any atom is -0.480 e. The predicted octanol–water partition coefficient (Wildman–Crippen LogP) is 8.10. The molecule has 0 bridgehead atoms. The number of aromatic nitrogens is 1. The Morgan fingerprint density at radius 2 is 1.44 bits per heavy atom. The van der Waals surface area contributed by atoms with E-state index in [0.717, 1.165) is 35.7 Å². The lowest BCUT2D eigenvalue weighted by atomic mass is 10.0. The van der Waals surface area contributed by atoms with Crippen LogP contribution in [0.3, 0.4) is 0 Å². The van der Waals surface area contributed by atoms with Gasteiger partial charge in [0, 0.05) is 29.9 Å². The Balaban J connectivity index is 1.46. The van der Waals surface area contributed by atoms with Gasteiger partial charge >= 0.3 is 5.97 Å². The van der Waals surface area contributed by atoms with Gasteiger partial charge in [-0.2, -0.15) is 0 Å². The molecule has 3 N–H and O–H groups in total. The maximum atomic E-state index is 12.3. The molecule has 5 nitrogen and oxygen atoms in total. The van der Waals surface area contributed by atoms with Crippen LogP contribution in [0.1, 0.15) is 115 Å². The minimum absolute atomic E-state index is 0.171. The fourth-order valence-corrected chi connectivity index (χ4v) is 4.70. The molecule has 0 aliphatic carbocycles. The van der Waals surface area contributed by atoms with Crippen LogP contribution in [0.25, 0.3) is 10.9 Å². The van der Waals surface area contributed by atoms with E-state index in [2.05, 4.69) is 29.4 Å². The number of carboxylic acids is 1. The average Bonchev–Trinajstić information content (AvgIpc) is 3.28. The molecule has 1 amide bonds. The number of rotatable bonds is 21. The summed E-state index contributed by atoms with van der Waals surface area (Å²) in [7, 11) is 0. The summed E-state index contributed by atoms with van der Waals surface area (Å²) in [4.78, 5) is 27.2. The van der Waals surface area contributed by atoms with Crippen LogP contribution in [-0.2, 0) is 16.0 Å². The van der Waals surface area contributed by atoms with Crippen molar-refractivity contribution >= 4 is 22.8 Å². The lowest BCUT2D eigenvalue weighted by Crippen LogP contribution is -2.42. The van der Waals surface area contributed by atoms with Crippen LogP contribution >= 0.6 is 0 Å². The fraction of sp³-hybridized carbons (Fsp3) is 0.613. The minimum atomic E-state index is -0.995. The zero-order valence-corrected chi connectivity index (χ0v) is 22.4. The molecule has 0 aliphatic rings. The first-order chi connectivity index (χ1) is 17.6. The third kappa shape index (κ3) is 12.4. The zero-order valence-electron chi connectivity index (χ0n) is 22.4. The summed E-state index contributed by atoms with van der Waals surface area (Å²) in [5.74, 6) is -1.17. The fourth-order valence-electron chi connectivity index (χ4n) is 4.70. The smallest absolute Gasteiger partial charge is 0.326 e. The number of aliphatic carboxylic acids is 1. The summed E-state index contributed by atoms with van der Waals surface area (Å²) < 4.78 is 0. The second kappa shape index (κ2) is 18.7. The topological polar surface area (TPSA) is 82.2 Å². The Hall–Kier alpha value is -2.56. The molecule has 1 aromatic heterocycles. The van der Waals surface area contributed by atoms with E-state index in [9.17, 15) is 14.7 Å². The van der Waals surface area contributed by atoms with Crippen LogP contribution in [-0.4, -0.2) is 28.0 Å². The van der Waals surface area contributed by atoms with E-state index in [-0.39, 0.29) is 12.3 Å². The van der Waals surface area contributed by atoms with Gasteiger partial charge in [0.25, 0.3) is 0 Å². The summed E-state index contributed by atoms with van der Waals surface area (Å²) in [5, 5.41) is 13.3. The van der Waals surface area contributed by atoms with Gasteiger partial charge in [-0.25, -0.2) is 4.79 Å². The largest absolute Gasteiger partial charge is 0.480 e.